The second kappa shape index (κ2) is 30.1. The Morgan fingerprint density at radius 3 is 0.685 bits per heavy atom. The zero-order chi connectivity index (χ0) is 38.3. The van der Waals surface area contributed by atoms with Crippen LogP contribution in [0, 0.1) is 0 Å². The van der Waals surface area contributed by atoms with Gasteiger partial charge >= 0.3 is 0 Å². The number of rotatable bonds is 28. The predicted octanol–water partition coefficient (Wildman–Crippen LogP) is 17.8. The summed E-state index contributed by atoms with van der Waals surface area (Å²) >= 11 is 0. The largest absolute Gasteiger partial charge is 0.0654 e. The molecule has 0 bridgehead atoms. The van der Waals surface area contributed by atoms with Crippen LogP contribution in [0.3, 0.4) is 0 Å². The van der Waals surface area contributed by atoms with Crippen molar-refractivity contribution < 1.29 is 0 Å². The number of unbranched alkanes of at least 4 members (excludes halogenated alkanes) is 8. The number of hydrogen-bond acceptors (Lipinski definition) is 0. The predicted molar refractivity (Wildman–Crippen MR) is 241 cm³/mol. The van der Waals surface area contributed by atoms with Gasteiger partial charge in [-0.25, -0.2) is 0 Å². The molecule has 4 aromatic rings. The Bertz CT molecular complexity index is 1250. The molecule has 0 aliphatic rings. The van der Waals surface area contributed by atoms with Crippen LogP contribution >= 0.6 is 0 Å². The summed E-state index contributed by atoms with van der Waals surface area (Å²) in [6.45, 7) is 9.23. The fraction of sp³-hybridized carbons (Fsp3) is 0.556. The first-order valence-corrected chi connectivity index (χ1v) is 22.9. The van der Waals surface area contributed by atoms with E-state index in [-0.39, 0.29) is 0 Å². The summed E-state index contributed by atoms with van der Waals surface area (Å²) in [5.41, 5.74) is 6.20. The molecule has 0 saturated carbocycles. The monoisotopic (exact) mass is 729 g/mol. The standard InChI is InChI=1S/C29H44.C25H36/c1-3-5-18-26(28-22-14-10-15-23-28)20-12-8-7-9-13-21-27(19-6-4-2)29-24-16-11-17-25-29;1-3-5-14-22(24-16-9-7-10-17-24)20-13-21-23(15-6-4-2)25-18-11-8-12-19-25/h10-11,14-17,22-27H,3-9,12-13,18-21H2,1-2H3;7-12,16-19,22-23H,3-6,13-15,20-21H2,1-2H3. The molecule has 4 rings (SSSR count). The summed E-state index contributed by atoms with van der Waals surface area (Å²) in [5, 5.41) is 0. The van der Waals surface area contributed by atoms with Crippen LogP contribution in [0.25, 0.3) is 0 Å². The molecule has 0 aromatic heterocycles. The minimum Gasteiger partial charge on any atom is -0.0654 e. The maximum atomic E-state index is 2.33. The zero-order valence-corrected chi connectivity index (χ0v) is 35.4. The lowest BCUT2D eigenvalue weighted by atomic mass is 9.84. The van der Waals surface area contributed by atoms with E-state index in [1.54, 1.807) is 22.3 Å². The third kappa shape index (κ3) is 19.0. The van der Waals surface area contributed by atoms with Crippen molar-refractivity contribution in [1.82, 2.24) is 0 Å². The van der Waals surface area contributed by atoms with Gasteiger partial charge in [-0.2, -0.15) is 0 Å². The van der Waals surface area contributed by atoms with Gasteiger partial charge in [0.1, 0.15) is 0 Å². The van der Waals surface area contributed by atoms with E-state index in [0.717, 1.165) is 23.7 Å². The molecule has 0 spiro atoms. The van der Waals surface area contributed by atoms with E-state index in [1.807, 2.05) is 0 Å². The highest BCUT2D eigenvalue weighted by Gasteiger charge is 2.15. The Hall–Kier alpha value is -3.12. The van der Waals surface area contributed by atoms with Crippen molar-refractivity contribution in [2.24, 2.45) is 0 Å². The van der Waals surface area contributed by atoms with E-state index >= 15 is 0 Å². The molecule has 0 aliphatic heterocycles. The molecule has 0 amide bonds. The molecule has 4 unspecified atom stereocenters. The molecule has 0 nitrogen and oxygen atoms in total. The van der Waals surface area contributed by atoms with Crippen molar-refractivity contribution >= 4 is 0 Å². The van der Waals surface area contributed by atoms with E-state index in [9.17, 15) is 0 Å². The van der Waals surface area contributed by atoms with Crippen molar-refractivity contribution in [3.8, 4) is 0 Å². The number of benzene rings is 4. The summed E-state index contributed by atoms with van der Waals surface area (Å²) in [7, 11) is 0. The lowest BCUT2D eigenvalue weighted by Gasteiger charge is -2.21. The van der Waals surface area contributed by atoms with Gasteiger partial charge in [-0.1, -0.05) is 239 Å². The Morgan fingerprint density at radius 2 is 0.444 bits per heavy atom. The highest BCUT2D eigenvalue weighted by atomic mass is 14.2. The van der Waals surface area contributed by atoms with Crippen LogP contribution in [0.2, 0.25) is 0 Å². The van der Waals surface area contributed by atoms with E-state index in [2.05, 4.69) is 149 Å². The van der Waals surface area contributed by atoms with E-state index in [4.69, 9.17) is 0 Å². The Labute approximate surface area is 335 Å². The number of hydrogen-bond donors (Lipinski definition) is 0. The third-order valence-electron chi connectivity index (χ3n) is 11.9. The van der Waals surface area contributed by atoms with Crippen LogP contribution in [0.5, 0.6) is 0 Å². The smallest absolute Gasteiger partial charge is 0.0162 e. The van der Waals surface area contributed by atoms with Crippen LogP contribution in [0.4, 0.5) is 0 Å². The van der Waals surface area contributed by atoms with Crippen LogP contribution in [0.1, 0.15) is 215 Å². The lowest BCUT2D eigenvalue weighted by molar-refractivity contribution is 0.471. The fourth-order valence-electron chi connectivity index (χ4n) is 8.54. The molecule has 4 atom stereocenters. The van der Waals surface area contributed by atoms with Crippen molar-refractivity contribution in [2.75, 3.05) is 0 Å². The van der Waals surface area contributed by atoms with Gasteiger partial charge in [-0.05, 0) is 97.3 Å². The van der Waals surface area contributed by atoms with Gasteiger partial charge in [0.05, 0.1) is 0 Å². The molecule has 54 heavy (non-hydrogen) atoms. The molecular formula is C54H80. The van der Waals surface area contributed by atoms with E-state index in [1.165, 1.54) is 141 Å². The first-order valence-electron chi connectivity index (χ1n) is 22.9. The second-order valence-corrected chi connectivity index (χ2v) is 16.3. The SMILES string of the molecule is CCCCC(CCCC(CCCC)c1ccccc1)c1ccccc1.CCCCC(CCCCCCCC(CCCC)c1ccccc1)c1ccccc1. The van der Waals surface area contributed by atoms with Crippen molar-refractivity contribution in [2.45, 2.75) is 193 Å². The van der Waals surface area contributed by atoms with Gasteiger partial charge in [-0.15, -0.1) is 0 Å². The molecule has 0 N–H and O–H groups in total. The molecule has 0 fully saturated rings. The molecule has 4 aromatic carbocycles. The van der Waals surface area contributed by atoms with Gasteiger partial charge in [0, 0.05) is 0 Å². The Kier molecular flexibility index (Phi) is 25.3. The minimum atomic E-state index is 0.740. The normalized spacial score (nSPS) is 13.4. The van der Waals surface area contributed by atoms with Crippen LogP contribution < -0.4 is 0 Å². The van der Waals surface area contributed by atoms with Crippen LogP contribution in [-0.4, -0.2) is 0 Å². The van der Waals surface area contributed by atoms with Crippen LogP contribution in [-0.2, 0) is 0 Å². The zero-order valence-electron chi connectivity index (χ0n) is 35.4. The summed E-state index contributed by atoms with van der Waals surface area (Å²) in [5.74, 6) is 3.02. The maximum Gasteiger partial charge on any atom is -0.0162 e. The molecule has 0 heterocycles. The van der Waals surface area contributed by atoms with Gasteiger partial charge < -0.3 is 0 Å². The Morgan fingerprint density at radius 1 is 0.241 bits per heavy atom. The van der Waals surface area contributed by atoms with Crippen molar-refractivity contribution in [3.05, 3.63) is 144 Å². The second-order valence-electron chi connectivity index (χ2n) is 16.3. The first kappa shape index (κ1) is 45.3. The van der Waals surface area contributed by atoms with Crippen LogP contribution in [0.15, 0.2) is 121 Å². The highest BCUT2D eigenvalue weighted by molar-refractivity contribution is 5.22. The van der Waals surface area contributed by atoms with Gasteiger partial charge in [0.15, 0.2) is 0 Å². The highest BCUT2D eigenvalue weighted by Crippen LogP contribution is 2.33. The molecule has 0 aliphatic carbocycles. The lowest BCUT2D eigenvalue weighted by Crippen LogP contribution is -2.03. The third-order valence-corrected chi connectivity index (χ3v) is 11.9. The van der Waals surface area contributed by atoms with Crippen molar-refractivity contribution in [3.63, 3.8) is 0 Å². The fourth-order valence-corrected chi connectivity index (χ4v) is 8.54. The summed E-state index contributed by atoms with van der Waals surface area (Å²) in [6.07, 6.45) is 29.8. The van der Waals surface area contributed by atoms with Gasteiger partial charge in [-0.3, -0.25) is 0 Å². The average Bonchev–Trinajstić information content (AvgIpc) is 3.23. The first-order chi connectivity index (χ1) is 26.7. The molecule has 0 radical (unpaired) electrons. The molecular weight excluding hydrogens is 649 g/mol. The van der Waals surface area contributed by atoms with E-state index in [0.29, 0.717) is 0 Å². The summed E-state index contributed by atoms with van der Waals surface area (Å²) < 4.78 is 0. The molecule has 296 valence electrons. The maximum absolute atomic E-state index is 2.33. The van der Waals surface area contributed by atoms with E-state index < -0.39 is 0 Å². The molecule has 0 saturated heterocycles. The summed E-state index contributed by atoms with van der Waals surface area (Å²) in [6, 6.07) is 44.8. The van der Waals surface area contributed by atoms with Crippen molar-refractivity contribution in [1.29, 1.82) is 0 Å². The summed E-state index contributed by atoms with van der Waals surface area (Å²) in [4.78, 5) is 0. The molecule has 0 heteroatoms. The van der Waals surface area contributed by atoms with Gasteiger partial charge in [0.2, 0.25) is 0 Å². The topological polar surface area (TPSA) is 0 Å². The average molecular weight is 729 g/mol. The minimum absolute atomic E-state index is 0.740. The van der Waals surface area contributed by atoms with Gasteiger partial charge in [0.25, 0.3) is 0 Å². The Balaban J connectivity index is 0.000000294. The quantitative estimate of drug-likeness (QED) is 0.0511.